The molecule has 0 aromatic heterocycles. The van der Waals surface area contributed by atoms with Crippen molar-refractivity contribution in [2.24, 2.45) is 5.92 Å². The molecule has 0 saturated heterocycles. The van der Waals surface area contributed by atoms with Crippen LogP contribution in [0.2, 0.25) is 0 Å². The molecule has 0 aliphatic rings. The average Bonchev–Trinajstić information content (AvgIpc) is 2.36. The number of ether oxygens (including phenoxy) is 1. The van der Waals surface area contributed by atoms with Crippen LogP contribution in [0, 0.1) is 17.2 Å². The van der Waals surface area contributed by atoms with E-state index in [1.54, 1.807) is 6.07 Å². The largest absolute Gasteiger partial charge is 0.417 e. The fourth-order valence-electron chi connectivity index (χ4n) is 1.57. The molecule has 1 aromatic carbocycles. The normalized spacial score (nSPS) is 11.4. The van der Waals surface area contributed by atoms with Gasteiger partial charge in [0, 0.05) is 18.8 Å². The molecule has 0 unspecified atom stereocenters. The first kappa shape index (κ1) is 16.3. The zero-order valence-electron chi connectivity index (χ0n) is 11.4. The summed E-state index contributed by atoms with van der Waals surface area (Å²) in [5, 5.41) is 11.5. The van der Waals surface area contributed by atoms with Crippen molar-refractivity contribution in [1.29, 1.82) is 5.26 Å². The maximum absolute atomic E-state index is 12.7. The third kappa shape index (κ3) is 5.10. The fraction of sp³-hybridized carbons (Fsp3) is 0.500. The Morgan fingerprint density at radius 1 is 1.35 bits per heavy atom. The van der Waals surface area contributed by atoms with Gasteiger partial charge in [-0.2, -0.15) is 18.4 Å². The molecule has 0 aliphatic carbocycles. The molecule has 6 heteroatoms. The van der Waals surface area contributed by atoms with Gasteiger partial charge in [0.2, 0.25) is 0 Å². The second-order valence-corrected chi connectivity index (χ2v) is 4.77. The smallest absolute Gasteiger partial charge is 0.383 e. The molecular weight excluding hydrogens is 269 g/mol. The van der Waals surface area contributed by atoms with Crippen LogP contribution in [0.3, 0.4) is 0 Å². The average molecular weight is 286 g/mol. The van der Waals surface area contributed by atoms with E-state index in [4.69, 9.17) is 10.00 Å². The lowest BCUT2D eigenvalue weighted by molar-refractivity contribution is -0.137. The Labute approximate surface area is 116 Å². The van der Waals surface area contributed by atoms with Crippen molar-refractivity contribution in [1.82, 2.24) is 0 Å². The summed E-state index contributed by atoms with van der Waals surface area (Å²) in [6, 6.07) is 5.11. The quantitative estimate of drug-likeness (QED) is 0.812. The highest BCUT2D eigenvalue weighted by molar-refractivity contribution is 5.53. The summed E-state index contributed by atoms with van der Waals surface area (Å²) in [7, 11) is 0. The van der Waals surface area contributed by atoms with Crippen LogP contribution in [0.1, 0.15) is 25.0 Å². The molecule has 1 N–H and O–H groups in total. The molecule has 1 aromatic rings. The van der Waals surface area contributed by atoms with Crippen molar-refractivity contribution in [2.75, 3.05) is 25.1 Å². The Bertz CT molecular complexity index is 478. The Balaban J connectivity index is 2.62. The van der Waals surface area contributed by atoms with Crippen molar-refractivity contribution in [3.8, 4) is 6.07 Å². The number of nitrogens with zero attached hydrogens (tertiary/aromatic N) is 1. The summed E-state index contributed by atoms with van der Waals surface area (Å²) in [5.74, 6) is 0.418. The van der Waals surface area contributed by atoms with Gasteiger partial charge in [-0.1, -0.05) is 13.8 Å². The van der Waals surface area contributed by atoms with Gasteiger partial charge in [-0.15, -0.1) is 0 Å². The molecule has 3 nitrogen and oxygen atoms in total. The van der Waals surface area contributed by atoms with Gasteiger partial charge in [-0.05, 0) is 24.1 Å². The van der Waals surface area contributed by atoms with Crippen LogP contribution in [-0.4, -0.2) is 19.8 Å². The third-order valence-corrected chi connectivity index (χ3v) is 2.47. The van der Waals surface area contributed by atoms with E-state index in [0.717, 1.165) is 6.07 Å². The molecule has 0 saturated carbocycles. The van der Waals surface area contributed by atoms with E-state index in [1.165, 1.54) is 12.1 Å². The molecule has 1 rings (SSSR count). The van der Waals surface area contributed by atoms with Crippen LogP contribution in [0.5, 0.6) is 0 Å². The van der Waals surface area contributed by atoms with Crippen LogP contribution in [0.4, 0.5) is 18.9 Å². The van der Waals surface area contributed by atoms with Gasteiger partial charge in [0.1, 0.15) is 0 Å². The van der Waals surface area contributed by atoms with Crippen LogP contribution in [-0.2, 0) is 10.9 Å². The van der Waals surface area contributed by atoms with Gasteiger partial charge in [-0.25, -0.2) is 0 Å². The zero-order valence-corrected chi connectivity index (χ0v) is 11.4. The minimum absolute atomic E-state index is 0.324. The molecule has 0 heterocycles. The molecule has 20 heavy (non-hydrogen) atoms. The third-order valence-electron chi connectivity index (χ3n) is 2.47. The first-order valence-corrected chi connectivity index (χ1v) is 6.27. The van der Waals surface area contributed by atoms with E-state index in [0.29, 0.717) is 31.4 Å². The lowest BCUT2D eigenvalue weighted by Crippen LogP contribution is -2.13. The van der Waals surface area contributed by atoms with Gasteiger partial charge < -0.3 is 10.1 Å². The van der Waals surface area contributed by atoms with Crippen molar-refractivity contribution in [3.05, 3.63) is 29.3 Å². The van der Waals surface area contributed by atoms with Crippen LogP contribution < -0.4 is 5.32 Å². The number of nitrogens with one attached hydrogen (secondary N) is 1. The zero-order chi connectivity index (χ0) is 15.2. The molecule has 0 bridgehead atoms. The van der Waals surface area contributed by atoms with E-state index in [-0.39, 0.29) is 5.56 Å². The van der Waals surface area contributed by atoms with Gasteiger partial charge >= 0.3 is 6.18 Å². The number of benzene rings is 1. The van der Waals surface area contributed by atoms with Gasteiger partial charge in [0.15, 0.2) is 0 Å². The van der Waals surface area contributed by atoms with E-state index < -0.39 is 11.7 Å². The number of hydrogen-bond donors (Lipinski definition) is 1. The van der Waals surface area contributed by atoms with Gasteiger partial charge in [0.25, 0.3) is 0 Å². The molecule has 0 radical (unpaired) electrons. The molecule has 0 atom stereocenters. The fourth-order valence-corrected chi connectivity index (χ4v) is 1.57. The highest BCUT2D eigenvalue weighted by Crippen LogP contribution is 2.33. The minimum Gasteiger partial charge on any atom is -0.383 e. The van der Waals surface area contributed by atoms with Crippen LogP contribution >= 0.6 is 0 Å². The number of nitriles is 1. The van der Waals surface area contributed by atoms with E-state index in [2.05, 4.69) is 5.32 Å². The second kappa shape index (κ2) is 7.15. The molecule has 110 valence electrons. The van der Waals surface area contributed by atoms with E-state index >= 15 is 0 Å². The Kier molecular flexibility index (Phi) is 5.83. The Hall–Kier alpha value is -1.74. The lowest BCUT2D eigenvalue weighted by atomic mass is 10.1. The van der Waals surface area contributed by atoms with Crippen molar-refractivity contribution >= 4 is 5.69 Å². The maximum atomic E-state index is 12.7. The molecule has 0 aliphatic heterocycles. The predicted octanol–water partition coefficient (Wildman–Crippen LogP) is 3.66. The van der Waals surface area contributed by atoms with Crippen molar-refractivity contribution in [3.63, 3.8) is 0 Å². The number of anilines is 1. The summed E-state index contributed by atoms with van der Waals surface area (Å²) in [5.41, 5.74) is -0.975. The van der Waals surface area contributed by atoms with Crippen LogP contribution in [0.25, 0.3) is 0 Å². The van der Waals surface area contributed by atoms with Gasteiger partial charge in [-0.3, -0.25) is 0 Å². The molecular formula is C14H17F3N2O. The van der Waals surface area contributed by atoms with E-state index in [1.807, 2.05) is 13.8 Å². The maximum Gasteiger partial charge on any atom is 0.417 e. The molecule has 0 amide bonds. The number of alkyl halides is 3. The van der Waals surface area contributed by atoms with Crippen LogP contribution in [0.15, 0.2) is 18.2 Å². The predicted molar refractivity (Wildman–Crippen MR) is 70.3 cm³/mol. The van der Waals surface area contributed by atoms with E-state index in [9.17, 15) is 13.2 Å². The number of hydrogen-bond acceptors (Lipinski definition) is 3. The topological polar surface area (TPSA) is 45.0 Å². The first-order valence-electron chi connectivity index (χ1n) is 6.27. The van der Waals surface area contributed by atoms with Crippen molar-refractivity contribution in [2.45, 2.75) is 20.0 Å². The standard InChI is InChI=1S/C14H17F3N2O/c1-10(2)9-20-6-5-19-12-4-3-11(8-18)13(7-12)14(15,16)17/h3-4,7,10,19H,5-6,9H2,1-2H3. The van der Waals surface area contributed by atoms with Crippen molar-refractivity contribution < 1.29 is 17.9 Å². The number of halogens is 3. The summed E-state index contributed by atoms with van der Waals surface area (Å²) >= 11 is 0. The lowest BCUT2D eigenvalue weighted by Gasteiger charge is -2.12. The monoisotopic (exact) mass is 286 g/mol. The summed E-state index contributed by atoms with van der Waals surface area (Å²) in [4.78, 5) is 0. The van der Waals surface area contributed by atoms with Gasteiger partial charge in [0.05, 0.1) is 23.8 Å². The minimum atomic E-state index is -4.53. The summed E-state index contributed by atoms with van der Waals surface area (Å²) < 4.78 is 43.6. The number of rotatable bonds is 6. The highest BCUT2D eigenvalue weighted by Gasteiger charge is 2.33. The second-order valence-electron chi connectivity index (χ2n) is 4.77. The Morgan fingerprint density at radius 2 is 2.05 bits per heavy atom. The summed E-state index contributed by atoms with van der Waals surface area (Å²) in [6.45, 7) is 5.48. The Morgan fingerprint density at radius 3 is 2.60 bits per heavy atom. The SMILES string of the molecule is CC(C)COCCNc1ccc(C#N)c(C(F)(F)F)c1. The first-order chi connectivity index (χ1) is 9.34. The molecule has 0 fully saturated rings. The molecule has 0 spiro atoms. The highest BCUT2D eigenvalue weighted by atomic mass is 19.4. The summed E-state index contributed by atoms with van der Waals surface area (Å²) in [6.07, 6.45) is -4.53.